The van der Waals surface area contributed by atoms with Crippen LogP contribution in [0.25, 0.3) is 0 Å². The fourth-order valence-corrected chi connectivity index (χ4v) is 4.57. The molecule has 0 saturated carbocycles. The first-order valence-electron chi connectivity index (χ1n) is 8.94. The number of hydrogen-bond acceptors (Lipinski definition) is 7. The molecule has 1 amide bonds. The summed E-state index contributed by atoms with van der Waals surface area (Å²) in [6.45, 7) is 1.71. The standard InChI is InChI=1S/C20H22N2O5S/c1-11-3-8-14-15(9-11)28-18(17(14)20(25)26-2)22-16(23)10-27-19(24)12-4-6-13(21)7-5-12/h4-7,11H,3,8-10,21H2,1-2H3,(H,22,23). The zero-order chi connectivity index (χ0) is 20.3. The fourth-order valence-electron chi connectivity index (χ4n) is 3.15. The van der Waals surface area contributed by atoms with Crippen LogP contribution in [0.1, 0.15) is 44.5 Å². The Hall–Kier alpha value is -2.87. The summed E-state index contributed by atoms with van der Waals surface area (Å²) in [6, 6.07) is 6.21. The van der Waals surface area contributed by atoms with Gasteiger partial charge < -0.3 is 20.5 Å². The first kappa shape index (κ1) is 19.9. The molecule has 0 bridgehead atoms. The Morgan fingerprint density at radius 2 is 1.93 bits per heavy atom. The molecular formula is C20H22N2O5S. The molecule has 0 radical (unpaired) electrons. The van der Waals surface area contributed by atoms with Crippen LogP contribution < -0.4 is 11.1 Å². The van der Waals surface area contributed by atoms with Crippen LogP contribution >= 0.6 is 11.3 Å². The van der Waals surface area contributed by atoms with E-state index in [1.807, 2.05) is 0 Å². The summed E-state index contributed by atoms with van der Waals surface area (Å²) in [6.07, 6.45) is 2.63. The lowest BCUT2D eigenvalue weighted by molar-refractivity contribution is -0.119. The van der Waals surface area contributed by atoms with Gasteiger partial charge in [0.05, 0.1) is 18.2 Å². The van der Waals surface area contributed by atoms with Crippen molar-refractivity contribution in [2.75, 3.05) is 24.8 Å². The molecule has 1 heterocycles. The maximum atomic E-state index is 12.3. The van der Waals surface area contributed by atoms with Crippen LogP contribution in [-0.2, 0) is 27.1 Å². The van der Waals surface area contributed by atoms with E-state index in [9.17, 15) is 14.4 Å². The maximum absolute atomic E-state index is 12.3. The Balaban J connectivity index is 1.69. The number of esters is 2. The summed E-state index contributed by atoms with van der Waals surface area (Å²) in [5.74, 6) is -1.08. The van der Waals surface area contributed by atoms with Gasteiger partial charge in [0.25, 0.3) is 5.91 Å². The first-order chi connectivity index (χ1) is 13.4. The molecule has 0 spiro atoms. The Morgan fingerprint density at radius 3 is 2.61 bits per heavy atom. The maximum Gasteiger partial charge on any atom is 0.341 e. The number of ether oxygens (including phenoxy) is 2. The van der Waals surface area contributed by atoms with Gasteiger partial charge in [-0.3, -0.25) is 4.79 Å². The Kier molecular flexibility index (Phi) is 5.99. The second-order valence-electron chi connectivity index (χ2n) is 6.79. The number of nitrogens with two attached hydrogens (primary N) is 1. The van der Waals surface area contributed by atoms with E-state index in [0.29, 0.717) is 27.7 Å². The van der Waals surface area contributed by atoms with Crippen LogP contribution in [0.5, 0.6) is 0 Å². The third-order valence-electron chi connectivity index (χ3n) is 4.63. The number of anilines is 2. The zero-order valence-electron chi connectivity index (χ0n) is 15.7. The monoisotopic (exact) mass is 402 g/mol. The lowest BCUT2D eigenvalue weighted by Crippen LogP contribution is -2.22. The van der Waals surface area contributed by atoms with Crippen molar-refractivity contribution >= 4 is 39.9 Å². The Morgan fingerprint density at radius 1 is 1.21 bits per heavy atom. The molecule has 7 nitrogen and oxygen atoms in total. The normalized spacial score (nSPS) is 15.4. The molecule has 3 rings (SSSR count). The Bertz CT molecular complexity index is 904. The number of hydrogen-bond donors (Lipinski definition) is 2. The van der Waals surface area contributed by atoms with Crippen LogP contribution in [0.3, 0.4) is 0 Å². The summed E-state index contributed by atoms with van der Waals surface area (Å²) in [5.41, 5.74) is 7.77. The van der Waals surface area contributed by atoms with Crippen molar-refractivity contribution in [3.05, 3.63) is 45.8 Å². The van der Waals surface area contributed by atoms with E-state index in [1.54, 1.807) is 12.1 Å². The van der Waals surface area contributed by atoms with E-state index < -0.39 is 24.5 Å². The van der Waals surface area contributed by atoms with Crippen LogP contribution in [0.2, 0.25) is 0 Å². The van der Waals surface area contributed by atoms with Crippen molar-refractivity contribution in [1.29, 1.82) is 0 Å². The van der Waals surface area contributed by atoms with Gasteiger partial charge >= 0.3 is 11.9 Å². The lowest BCUT2D eigenvalue weighted by Gasteiger charge is -2.18. The molecule has 28 heavy (non-hydrogen) atoms. The summed E-state index contributed by atoms with van der Waals surface area (Å²) in [5, 5.41) is 3.14. The highest BCUT2D eigenvalue weighted by molar-refractivity contribution is 7.17. The third-order valence-corrected chi connectivity index (χ3v) is 5.80. The molecule has 1 aromatic heterocycles. The van der Waals surface area contributed by atoms with Gasteiger partial charge in [-0.25, -0.2) is 9.59 Å². The van der Waals surface area contributed by atoms with E-state index in [1.165, 1.54) is 30.6 Å². The summed E-state index contributed by atoms with van der Waals surface area (Å²) in [4.78, 5) is 37.6. The molecule has 1 unspecified atom stereocenters. The second-order valence-corrected chi connectivity index (χ2v) is 7.90. The molecule has 3 N–H and O–H groups in total. The molecule has 148 valence electrons. The smallest absolute Gasteiger partial charge is 0.341 e. The quantitative estimate of drug-likeness (QED) is 0.588. The highest BCUT2D eigenvalue weighted by atomic mass is 32.1. The molecule has 1 atom stereocenters. The first-order valence-corrected chi connectivity index (χ1v) is 9.76. The van der Waals surface area contributed by atoms with Crippen molar-refractivity contribution in [2.24, 2.45) is 5.92 Å². The molecular weight excluding hydrogens is 380 g/mol. The number of methoxy groups -OCH3 is 1. The molecule has 8 heteroatoms. The largest absolute Gasteiger partial charge is 0.465 e. The summed E-state index contributed by atoms with van der Waals surface area (Å²) in [7, 11) is 1.32. The predicted octanol–water partition coefficient (Wildman–Crippen LogP) is 3.04. The zero-order valence-corrected chi connectivity index (χ0v) is 16.6. The molecule has 1 aromatic carbocycles. The van der Waals surface area contributed by atoms with Gasteiger partial charge in [0.2, 0.25) is 0 Å². The molecule has 0 fully saturated rings. The highest BCUT2D eigenvalue weighted by Gasteiger charge is 2.29. The van der Waals surface area contributed by atoms with Crippen molar-refractivity contribution in [3.8, 4) is 0 Å². The number of rotatable bonds is 5. The van der Waals surface area contributed by atoms with Crippen LogP contribution in [0.4, 0.5) is 10.7 Å². The minimum absolute atomic E-state index is 0.304. The number of nitrogens with one attached hydrogen (secondary N) is 1. The van der Waals surface area contributed by atoms with Gasteiger partial charge in [-0.15, -0.1) is 11.3 Å². The number of amides is 1. The van der Waals surface area contributed by atoms with Crippen molar-refractivity contribution in [2.45, 2.75) is 26.2 Å². The molecule has 0 saturated heterocycles. The second kappa shape index (κ2) is 8.43. The van der Waals surface area contributed by atoms with E-state index in [2.05, 4.69) is 12.2 Å². The topological polar surface area (TPSA) is 108 Å². The van der Waals surface area contributed by atoms with Gasteiger partial charge in [0.15, 0.2) is 6.61 Å². The minimum atomic E-state index is -0.623. The van der Waals surface area contributed by atoms with E-state index in [0.717, 1.165) is 29.7 Å². The van der Waals surface area contributed by atoms with Crippen LogP contribution in [0.15, 0.2) is 24.3 Å². The highest BCUT2D eigenvalue weighted by Crippen LogP contribution is 2.40. The predicted molar refractivity (Wildman–Crippen MR) is 107 cm³/mol. The van der Waals surface area contributed by atoms with Crippen molar-refractivity contribution in [3.63, 3.8) is 0 Å². The molecule has 1 aliphatic rings. The van der Waals surface area contributed by atoms with Crippen LogP contribution in [-0.4, -0.2) is 31.6 Å². The van der Waals surface area contributed by atoms with Crippen LogP contribution in [0, 0.1) is 5.92 Å². The van der Waals surface area contributed by atoms with Gasteiger partial charge in [-0.1, -0.05) is 6.92 Å². The Labute approximate surface area is 166 Å². The number of thiophene rings is 1. The third kappa shape index (κ3) is 4.33. The lowest BCUT2D eigenvalue weighted by atomic mass is 9.88. The van der Waals surface area contributed by atoms with Crippen molar-refractivity contribution < 1.29 is 23.9 Å². The van der Waals surface area contributed by atoms with Gasteiger partial charge in [-0.2, -0.15) is 0 Å². The molecule has 0 aliphatic heterocycles. The van der Waals surface area contributed by atoms with E-state index in [-0.39, 0.29) is 0 Å². The molecule has 2 aromatic rings. The van der Waals surface area contributed by atoms with Gasteiger partial charge in [-0.05, 0) is 55.0 Å². The summed E-state index contributed by atoms with van der Waals surface area (Å²) >= 11 is 1.38. The van der Waals surface area contributed by atoms with E-state index >= 15 is 0 Å². The summed E-state index contributed by atoms with van der Waals surface area (Å²) < 4.78 is 9.94. The number of carbonyl (C=O) groups is 3. The number of carbonyl (C=O) groups excluding carboxylic acids is 3. The average Bonchev–Trinajstić information content (AvgIpc) is 3.02. The van der Waals surface area contributed by atoms with Gasteiger partial charge in [0, 0.05) is 10.6 Å². The fraction of sp³-hybridized carbons (Fsp3) is 0.350. The minimum Gasteiger partial charge on any atom is -0.465 e. The number of nitrogen functional groups attached to an aromatic ring is 1. The SMILES string of the molecule is COC(=O)c1c(NC(=O)COC(=O)c2ccc(N)cc2)sc2c1CCC(C)C2. The molecule has 1 aliphatic carbocycles. The number of fused-ring (bicyclic) bond motifs is 1. The van der Waals surface area contributed by atoms with Crippen molar-refractivity contribution in [1.82, 2.24) is 0 Å². The van der Waals surface area contributed by atoms with Gasteiger partial charge in [0.1, 0.15) is 5.00 Å². The van der Waals surface area contributed by atoms with E-state index in [4.69, 9.17) is 15.2 Å². The average molecular weight is 402 g/mol. The number of benzene rings is 1.